The number of hydrogen-bond acceptors (Lipinski definition) is 0. The molecule has 0 saturated carbocycles. The van der Waals surface area contributed by atoms with Gasteiger partial charge in [0, 0.05) is 0 Å². The second-order valence-corrected chi connectivity index (χ2v) is 6.20. The zero-order valence-electron chi connectivity index (χ0n) is 11.2. The van der Waals surface area contributed by atoms with Gasteiger partial charge < -0.3 is 0 Å². The maximum absolute atomic E-state index is 2.42. The summed E-state index contributed by atoms with van der Waals surface area (Å²) < 4.78 is 0. The molecule has 2 unspecified atom stereocenters. The van der Waals surface area contributed by atoms with Gasteiger partial charge >= 0.3 is 0 Å². The van der Waals surface area contributed by atoms with Crippen LogP contribution in [0.2, 0.25) is 0 Å². The second kappa shape index (κ2) is 6.48. The molecular weight excluding hydrogens is 168 g/mol. The van der Waals surface area contributed by atoms with Gasteiger partial charge in [-0.25, -0.2) is 0 Å². The Morgan fingerprint density at radius 1 is 0.929 bits per heavy atom. The maximum Gasteiger partial charge on any atom is -0.0383 e. The first-order chi connectivity index (χ1) is 6.37. The van der Waals surface area contributed by atoms with Crippen LogP contribution < -0.4 is 0 Å². The van der Waals surface area contributed by atoms with Crippen molar-refractivity contribution in [2.75, 3.05) is 0 Å². The van der Waals surface area contributed by atoms with Gasteiger partial charge in [0.25, 0.3) is 0 Å². The van der Waals surface area contributed by atoms with Crippen molar-refractivity contribution in [3.63, 3.8) is 0 Å². The fraction of sp³-hybridized carbons (Fsp3) is 1.00. The van der Waals surface area contributed by atoms with E-state index in [0.717, 1.165) is 11.8 Å². The van der Waals surface area contributed by atoms with Crippen LogP contribution in [-0.2, 0) is 0 Å². The van der Waals surface area contributed by atoms with Crippen molar-refractivity contribution in [3.8, 4) is 0 Å². The van der Waals surface area contributed by atoms with Crippen LogP contribution in [0, 0.1) is 17.3 Å². The molecule has 86 valence electrons. The molecule has 0 aliphatic rings. The Kier molecular flexibility index (Phi) is 6.48. The largest absolute Gasteiger partial charge is 0.0654 e. The van der Waals surface area contributed by atoms with E-state index in [9.17, 15) is 0 Å². The van der Waals surface area contributed by atoms with Crippen LogP contribution in [0.3, 0.4) is 0 Å². The number of hydrogen-bond donors (Lipinski definition) is 0. The Bertz CT molecular complexity index is 129. The van der Waals surface area contributed by atoms with E-state index < -0.39 is 0 Å². The standard InChI is InChI=1S/C14H30/c1-7-8-9-12(2)13(3)10-11-14(4,5)6/h12-13H,7-11H2,1-6H3. The normalized spacial score (nSPS) is 16.7. The Morgan fingerprint density at radius 2 is 1.43 bits per heavy atom. The zero-order valence-corrected chi connectivity index (χ0v) is 11.2. The van der Waals surface area contributed by atoms with E-state index in [2.05, 4.69) is 41.5 Å². The molecule has 0 amide bonds. The van der Waals surface area contributed by atoms with Crippen molar-refractivity contribution in [1.29, 1.82) is 0 Å². The molecule has 0 aromatic heterocycles. The summed E-state index contributed by atoms with van der Waals surface area (Å²) in [5, 5.41) is 0. The third kappa shape index (κ3) is 7.41. The second-order valence-electron chi connectivity index (χ2n) is 6.20. The molecule has 0 aromatic rings. The Labute approximate surface area is 91.5 Å². The lowest BCUT2D eigenvalue weighted by atomic mass is 9.82. The highest BCUT2D eigenvalue weighted by molar-refractivity contribution is 4.67. The van der Waals surface area contributed by atoms with Crippen molar-refractivity contribution in [3.05, 3.63) is 0 Å². The van der Waals surface area contributed by atoms with Gasteiger partial charge in [0.05, 0.1) is 0 Å². The Morgan fingerprint density at radius 3 is 1.86 bits per heavy atom. The van der Waals surface area contributed by atoms with Gasteiger partial charge in [-0.1, -0.05) is 60.8 Å². The first-order valence-corrected chi connectivity index (χ1v) is 6.37. The fourth-order valence-corrected chi connectivity index (χ4v) is 1.76. The average molecular weight is 198 g/mol. The molecule has 0 heterocycles. The molecule has 0 rings (SSSR count). The van der Waals surface area contributed by atoms with E-state index in [1.54, 1.807) is 0 Å². The molecule has 0 aliphatic heterocycles. The van der Waals surface area contributed by atoms with Crippen LogP contribution in [-0.4, -0.2) is 0 Å². The lowest BCUT2D eigenvalue weighted by molar-refractivity contribution is 0.272. The predicted octanol–water partition coefficient (Wildman–Crippen LogP) is 5.28. The van der Waals surface area contributed by atoms with E-state index in [0.29, 0.717) is 5.41 Å². The van der Waals surface area contributed by atoms with E-state index in [4.69, 9.17) is 0 Å². The summed E-state index contributed by atoms with van der Waals surface area (Å²) in [4.78, 5) is 0. The molecule has 0 bridgehead atoms. The molecule has 0 aromatic carbocycles. The van der Waals surface area contributed by atoms with Crippen molar-refractivity contribution in [2.45, 2.75) is 73.6 Å². The zero-order chi connectivity index (χ0) is 11.2. The summed E-state index contributed by atoms with van der Waals surface area (Å²) in [6.07, 6.45) is 6.93. The minimum atomic E-state index is 0.513. The fourth-order valence-electron chi connectivity index (χ4n) is 1.76. The van der Waals surface area contributed by atoms with Crippen LogP contribution in [0.1, 0.15) is 73.6 Å². The van der Waals surface area contributed by atoms with Crippen LogP contribution in [0.5, 0.6) is 0 Å². The summed E-state index contributed by atoms with van der Waals surface area (Å²) in [6.45, 7) is 14.2. The van der Waals surface area contributed by atoms with Gasteiger partial charge in [0.2, 0.25) is 0 Å². The van der Waals surface area contributed by atoms with E-state index in [1.165, 1.54) is 32.1 Å². The van der Waals surface area contributed by atoms with Crippen molar-refractivity contribution in [1.82, 2.24) is 0 Å². The number of unbranched alkanes of at least 4 members (excludes halogenated alkanes) is 1. The highest BCUT2D eigenvalue weighted by atomic mass is 14.2. The summed E-state index contributed by atoms with van der Waals surface area (Å²) in [7, 11) is 0. The molecule has 0 radical (unpaired) electrons. The molecule has 0 spiro atoms. The highest BCUT2D eigenvalue weighted by Gasteiger charge is 2.16. The van der Waals surface area contributed by atoms with Crippen molar-refractivity contribution >= 4 is 0 Å². The van der Waals surface area contributed by atoms with Crippen molar-refractivity contribution < 1.29 is 0 Å². The smallest absolute Gasteiger partial charge is 0.0383 e. The molecule has 0 saturated heterocycles. The lowest BCUT2D eigenvalue weighted by Gasteiger charge is -2.24. The highest BCUT2D eigenvalue weighted by Crippen LogP contribution is 2.28. The van der Waals surface area contributed by atoms with Crippen LogP contribution in [0.25, 0.3) is 0 Å². The minimum absolute atomic E-state index is 0.513. The van der Waals surface area contributed by atoms with Gasteiger partial charge in [-0.2, -0.15) is 0 Å². The predicted molar refractivity (Wildman–Crippen MR) is 66.5 cm³/mol. The third-order valence-electron chi connectivity index (χ3n) is 3.33. The summed E-state index contributed by atoms with van der Waals surface area (Å²) in [6, 6.07) is 0. The topological polar surface area (TPSA) is 0 Å². The molecular formula is C14H30. The SMILES string of the molecule is CCCCC(C)C(C)CCC(C)(C)C. The summed E-state index contributed by atoms with van der Waals surface area (Å²) in [5.74, 6) is 1.82. The van der Waals surface area contributed by atoms with Gasteiger partial charge in [-0.05, 0) is 30.1 Å². The van der Waals surface area contributed by atoms with Crippen LogP contribution in [0.4, 0.5) is 0 Å². The van der Waals surface area contributed by atoms with Gasteiger partial charge in [0.15, 0.2) is 0 Å². The van der Waals surface area contributed by atoms with Gasteiger partial charge in [-0.15, -0.1) is 0 Å². The van der Waals surface area contributed by atoms with Gasteiger partial charge in [0.1, 0.15) is 0 Å². The average Bonchev–Trinajstić information content (AvgIpc) is 2.09. The van der Waals surface area contributed by atoms with Crippen LogP contribution in [0.15, 0.2) is 0 Å². The molecule has 0 heteroatoms. The molecule has 14 heavy (non-hydrogen) atoms. The van der Waals surface area contributed by atoms with Crippen LogP contribution >= 0.6 is 0 Å². The maximum atomic E-state index is 2.42. The Balaban J connectivity index is 3.67. The Hall–Kier alpha value is 0. The summed E-state index contributed by atoms with van der Waals surface area (Å²) >= 11 is 0. The first-order valence-electron chi connectivity index (χ1n) is 6.37. The molecule has 2 atom stereocenters. The first kappa shape index (κ1) is 14.0. The lowest BCUT2D eigenvalue weighted by Crippen LogP contribution is -2.12. The molecule has 0 N–H and O–H groups in total. The van der Waals surface area contributed by atoms with E-state index in [-0.39, 0.29) is 0 Å². The molecule has 0 fully saturated rings. The van der Waals surface area contributed by atoms with E-state index in [1.807, 2.05) is 0 Å². The van der Waals surface area contributed by atoms with E-state index >= 15 is 0 Å². The van der Waals surface area contributed by atoms with Crippen molar-refractivity contribution in [2.24, 2.45) is 17.3 Å². The van der Waals surface area contributed by atoms with Gasteiger partial charge in [-0.3, -0.25) is 0 Å². The molecule has 0 nitrogen and oxygen atoms in total. The summed E-state index contributed by atoms with van der Waals surface area (Å²) in [5.41, 5.74) is 0.513. The number of rotatable bonds is 6. The minimum Gasteiger partial charge on any atom is -0.0654 e. The quantitative estimate of drug-likeness (QED) is 0.545. The molecule has 0 aliphatic carbocycles. The monoisotopic (exact) mass is 198 g/mol. The third-order valence-corrected chi connectivity index (χ3v) is 3.33.